The van der Waals surface area contributed by atoms with Crippen LogP contribution in [0.2, 0.25) is 0 Å². The van der Waals surface area contributed by atoms with E-state index in [0.717, 1.165) is 6.61 Å². The largest absolute Gasteiger partial charge is 0.379 e. The van der Waals surface area contributed by atoms with Crippen LogP contribution in [0.1, 0.15) is 53.9 Å². The standard InChI is InChI=1S/C16H34N2O/c1-15(2)19-14-8-6-7-9-17-10-12-18(13-11-17)16(3,4)5/h15H,6-14H2,1-5H3. The summed E-state index contributed by atoms with van der Waals surface area (Å²) in [6.45, 7) is 18.3. The average molecular weight is 270 g/mol. The van der Waals surface area contributed by atoms with Crippen LogP contribution < -0.4 is 0 Å². The number of unbranched alkanes of at least 4 members (excludes halogenated alkanes) is 2. The van der Waals surface area contributed by atoms with Crippen molar-refractivity contribution in [2.75, 3.05) is 39.3 Å². The van der Waals surface area contributed by atoms with Crippen LogP contribution in [0.15, 0.2) is 0 Å². The van der Waals surface area contributed by atoms with Crippen LogP contribution in [0.5, 0.6) is 0 Å². The molecular formula is C16H34N2O. The molecule has 0 aromatic heterocycles. The van der Waals surface area contributed by atoms with Gasteiger partial charge in [-0.1, -0.05) is 0 Å². The summed E-state index contributed by atoms with van der Waals surface area (Å²) in [5.41, 5.74) is 0.334. The van der Waals surface area contributed by atoms with Crippen LogP contribution >= 0.6 is 0 Å². The van der Waals surface area contributed by atoms with Crippen LogP contribution in [0, 0.1) is 0 Å². The minimum atomic E-state index is 0.334. The van der Waals surface area contributed by atoms with E-state index in [1.165, 1.54) is 52.0 Å². The number of ether oxygens (including phenoxy) is 1. The molecule has 0 radical (unpaired) electrons. The third-order valence-electron chi connectivity index (χ3n) is 3.89. The van der Waals surface area contributed by atoms with Crippen molar-refractivity contribution in [2.24, 2.45) is 0 Å². The van der Waals surface area contributed by atoms with Crippen LogP contribution in [-0.4, -0.2) is 60.8 Å². The van der Waals surface area contributed by atoms with Crippen LogP contribution in [0.4, 0.5) is 0 Å². The zero-order valence-corrected chi connectivity index (χ0v) is 13.7. The molecule has 0 atom stereocenters. The quantitative estimate of drug-likeness (QED) is 0.661. The number of rotatable bonds is 7. The van der Waals surface area contributed by atoms with Crippen molar-refractivity contribution in [1.29, 1.82) is 0 Å². The van der Waals surface area contributed by atoms with Gasteiger partial charge in [-0.3, -0.25) is 4.90 Å². The van der Waals surface area contributed by atoms with E-state index in [1.807, 2.05) is 0 Å². The zero-order chi connectivity index (χ0) is 14.3. The Morgan fingerprint density at radius 1 is 0.947 bits per heavy atom. The molecule has 3 nitrogen and oxygen atoms in total. The van der Waals surface area contributed by atoms with Gasteiger partial charge >= 0.3 is 0 Å². The molecule has 0 amide bonds. The van der Waals surface area contributed by atoms with Crippen molar-refractivity contribution in [3.8, 4) is 0 Å². The van der Waals surface area contributed by atoms with Gasteiger partial charge in [0.25, 0.3) is 0 Å². The lowest BCUT2D eigenvalue weighted by Gasteiger charge is -2.42. The van der Waals surface area contributed by atoms with Gasteiger partial charge < -0.3 is 9.64 Å². The summed E-state index contributed by atoms with van der Waals surface area (Å²) < 4.78 is 5.57. The van der Waals surface area contributed by atoms with Gasteiger partial charge in [-0.2, -0.15) is 0 Å². The van der Waals surface area contributed by atoms with Crippen LogP contribution in [-0.2, 0) is 4.74 Å². The topological polar surface area (TPSA) is 15.7 Å². The Morgan fingerprint density at radius 3 is 2.11 bits per heavy atom. The van der Waals surface area contributed by atoms with E-state index in [4.69, 9.17) is 4.74 Å². The van der Waals surface area contributed by atoms with Crippen LogP contribution in [0.25, 0.3) is 0 Å². The van der Waals surface area contributed by atoms with Crippen molar-refractivity contribution < 1.29 is 4.74 Å². The van der Waals surface area contributed by atoms with Crippen molar-refractivity contribution in [3.63, 3.8) is 0 Å². The molecular weight excluding hydrogens is 236 g/mol. The molecule has 0 unspecified atom stereocenters. The second-order valence-electron chi connectivity index (χ2n) is 6.98. The molecule has 1 aliphatic heterocycles. The average Bonchev–Trinajstić information content (AvgIpc) is 2.32. The van der Waals surface area contributed by atoms with Gasteiger partial charge in [-0.25, -0.2) is 0 Å². The molecule has 0 spiro atoms. The molecule has 1 fully saturated rings. The Labute approximate surface area is 120 Å². The van der Waals surface area contributed by atoms with Gasteiger partial charge in [-0.15, -0.1) is 0 Å². The molecule has 0 aromatic rings. The lowest BCUT2D eigenvalue weighted by Crippen LogP contribution is -2.53. The Balaban J connectivity index is 2.01. The molecule has 0 aromatic carbocycles. The molecule has 1 heterocycles. The normalized spacial score (nSPS) is 19.3. The summed E-state index contributed by atoms with van der Waals surface area (Å²) in [6, 6.07) is 0. The smallest absolute Gasteiger partial charge is 0.0518 e. The highest BCUT2D eigenvalue weighted by Gasteiger charge is 2.25. The van der Waals surface area contributed by atoms with Gasteiger partial charge in [0.05, 0.1) is 6.10 Å². The van der Waals surface area contributed by atoms with Crippen molar-refractivity contribution in [1.82, 2.24) is 9.80 Å². The highest BCUT2D eigenvalue weighted by Crippen LogP contribution is 2.16. The van der Waals surface area contributed by atoms with Crippen molar-refractivity contribution in [3.05, 3.63) is 0 Å². The van der Waals surface area contributed by atoms with Gasteiger partial charge in [-0.05, 0) is 60.4 Å². The van der Waals surface area contributed by atoms with E-state index in [0.29, 0.717) is 11.6 Å². The van der Waals surface area contributed by atoms with E-state index < -0.39 is 0 Å². The lowest BCUT2D eigenvalue weighted by atomic mass is 10.0. The van der Waals surface area contributed by atoms with E-state index in [9.17, 15) is 0 Å². The maximum Gasteiger partial charge on any atom is 0.0518 e. The maximum atomic E-state index is 5.57. The van der Waals surface area contributed by atoms with Gasteiger partial charge in [0.2, 0.25) is 0 Å². The molecule has 0 N–H and O–H groups in total. The van der Waals surface area contributed by atoms with E-state index in [2.05, 4.69) is 44.4 Å². The first-order valence-electron chi connectivity index (χ1n) is 7.98. The molecule has 1 rings (SSSR count). The summed E-state index contributed by atoms with van der Waals surface area (Å²) in [5.74, 6) is 0. The Hall–Kier alpha value is -0.120. The molecule has 0 aliphatic carbocycles. The summed E-state index contributed by atoms with van der Waals surface area (Å²) in [4.78, 5) is 5.21. The summed E-state index contributed by atoms with van der Waals surface area (Å²) in [7, 11) is 0. The second-order valence-corrected chi connectivity index (χ2v) is 6.98. The predicted molar refractivity (Wildman–Crippen MR) is 82.7 cm³/mol. The Kier molecular flexibility index (Phi) is 7.33. The second kappa shape index (κ2) is 8.23. The fraction of sp³-hybridized carbons (Fsp3) is 1.00. The predicted octanol–water partition coefficient (Wildman–Crippen LogP) is 3.00. The van der Waals surface area contributed by atoms with Gasteiger partial charge in [0.1, 0.15) is 0 Å². The minimum absolute atomic E-state index is 0.334. The first-order chi connectivity index (χ1) is 8.89. The molecule has 0 bridgehead atoms. The van der Waals surface area contributed by atoms with E-state index in [1.54, 1.807) is 0 Å². The highest BCUT2D eigenvalue weighted by atomic mass is 16.5. The molecule has 1 aliphatic rings. The Morgan fingerprint density at radius 2 is 1.58 bits per heavy atom. The zero-order valence-electron chi connectivity index (χ0n) is 13.7. The first-order valence-corrected chi connectivity index (χ1v) is 7.98. The fourth-order valence-electron chi connectivity index (χ4n) is 2.58. The highest BCUT2D eigenvalue weighted by molar-refractivity contribution is 4.81. The van der Waals surface area contributed by atoms with E-state index >= 15 is 0 Å². The molecule has 1 saturated heterocycles. The fourth-order valence-corrected chi connectivity index (χ4v) is 2.58. The summed E-state index contributed by atoms with van der Waals surface area (Å²) in [5, 5.41) is 0. The third kappa shape index (κ3) is 7.28. The third-order valence-corrected chi connectivity index (χ3v) is 3.89. The molecule has 114 valence electrons. The summed E-state index contributed by atoms with van der Waals surface area (Å²) in [6.07, 6.45) is 4.20. The van der Waals surface area contributed by atoms with Crippen LogP contribution in [0.3, 0.4) is 0 Å². The lowest BCUT2D eigenvalue weighted by molar-refractivity contribution is 0.0591. The molecule has 0 saturated carbocycles. The van der Waals surface area contributed by atoms with Crippen molar-refractivity contribution in [2.45, 2.75) is 65.5 Å². The minimum Gasteiger partial charge on any atom is -0.379 e. The molecule has 3 heteroatoms. The number of hydrogen-bond donors (Lipinski definition) is 0. The summed E-state index contributed by atoms with van der Waals surface area (Å²) >= 11 is 0. The van der Waals surface area contributed by atoms with Crippen molar-refractivity contribution >= 4 is 0 Å². The first kappa shape index (κ1) is 16.9. The molecule has 19 heavy (non-hydrogen) atoms. The Bertz CT molecular complexity index is 227. The van der Waals surface area contributed by atoms with Gasteiger partial charge in [0, 0.05) is 38.3 Å². The maximum absolute atomic E-state index is 5.57. The number of piperazine rings is 1. The van der Waals surface area contributed by atoms with E-state index in [-0.39, 0.29) is 0 Å². The monoisotopic (exact) mass is 270 g/mol. The number of hydrogen-bond acceptors (Lipinski definition) is 3. The SMILES string of the molecule is CC(C)OCCCCCN1CCN(C(C)(C)C)CC1. The van der Waals surface area contributed by atoms with Gasteiger partial charge in [0.15, 0.2) is 0 Å². The number of nitrogens with zero attached hydrogens (tertiary/aromatic N) is 2.